The number of aryl methyl sites for hydroxylation is 2. The monoisotopic (exact) mass is 661 g/mol. The fourth-order valence-corrected chi connectivity index (χ4v) is 9.25. The second kappa shape index (κ2) is 11.5. The van der Waals surface area contributed by atoms with Crippen LogP contribution in [0.3, 0.4) is 0 Å². The van der Waals surface area contributed by atoms with Gasteiger partial charge < -0.3 is 0 Å². The number of anilines is 1. The molecule has 3 aliphatic rings. The SMILES string of the molecule is Cc1ccc(C2=C(c3ccc(C)cc3)[C@@]3(c4ccccc4)C(=O)[C@@]2(c2ccccc2)[C@@H]2C(=O)N(c4ccc(-c5ccccc5)cc4)C(=O)[C@H]23)cc1. The van der Waals surface area contributed by atoms with E-state index in [1.807, 2.05) is 129 Å². The summed E-state index contributed by atoms with van der Waals surface area (Å²) in [5.74, 6) is -2.73. The summed E-state index contributed by atoms with van der Waals surface area (Å²) in [6, 6.07) is 53.5. The van der Waals surface area contributed by atoms with E-state index in [0.717, 1.165) is 55.7 Å². The molecule has 0 spiro atoms. The predicted octanol–water partition coefficient (Wildman–Crippen LogP) is 9.16. The van der Waals surface area contributed by atoms with E-state index in [2.05, 4.69) is 48.5 Å². The number of carbonyl (C=O) groups is 3. The van der Waals surface area contributed by atoms with Gasteiger partial charge in [0.2, 0.25) is 11.8 Å². The molecule has 1 aliphatic heterocycles. The first-order valence-electron chi connectivity index (χ1n) is 17.5. The van der Waals surface area contributed by atoms with E-state index in [0.29, 0.717) is 5.69 Å². The molecule has 9 rings (SSSR count). The summed E-state index contributed by atoms with van der Waals surface area (Å²) < 4.78 is 0. The number of allylic oxidation sites excluding steroid dienone is 2. The highest BCUT2D eigenvalue weighted by molar-refractivity contribution is 6.39. The molecule has 0 aromatic heterocycles. The van der Waals surface area contributed by atoms with E-state index in [1.54, 1.807) is 0 Å². The van der Waals surface area contributed by atoms with Gasteiger partial charge in [0, 0.05) is 0 Å². The van der Waals surface area contributed by atoms with Gasteiger partial charge in [-0.1, -0.05) is 163 Å². The zero-order valence-corrected chi connectivity index (χ0v) is 28.4. The van der Waals surface area contributed by atoms with Crippen LogP contribution >= 0.6 is 0 Å². The molecule has 1 saturated carbocycles. The molecule has 6 aromatic carbocycles. The number of amides is 2. The molecular weight excluding hydrogens is 627 g/mol. The van der Waals surface area contributed by atoms with Gasteiger partial charge in [-0.15, -0.1) is 0 Å². The van der Waals surface area contributed by atoms with Crippen molar-refractivity contribution in [1.82, 2.24) is 0 Å². The summed E-state index contributed by atoms with van der Waals surface area (Å²) in [6.45, 7) is 4.08. The number of imide groups is 1. The molecule has 0 unspecified atom stereocenters. The number of ketones is 1. The zero-order chi connectivity index (χ0) is 34.9. The Morgan fingerprint density at radius 3 is 1.18 bits per heavy atom. The molecule has 4 nitrogen and oxygen atoms in total. The van der Waals surface area contributed by atoms with E-state index in [4.69, 9.17) is 0 Å². The van der Waals surface area contributed by atoms with Gasteiger partial charge in [0.15, 0.2) is 5.78 Å². The summed E-state index contributed by atoms with van der Waals surface area (Å²) >= 11 is 0. The maximum atomic E-state index is 16.1. The van der Waals surface area contributed by atoms with Crippen molar-refractivity contribution in [2.45, 2.75) is 24.7 Å². The molecule has 0 N–H and O–H groups in total. The van der Waals surface area contributed by atoms with Gasteiger partial charge in [0.1, 0.15) is 0 Å². The lowest BCUT2D eigenvalue weighted by atomic mass is 9.59. The third-order valence-corrected chi connectivity index (χ3v) is 11.4. The zero-order valence-electron chi connectivity index (χ0n) is 28.4. The molecule has 2 aliphatic carbocycles. The molecule has 1 saturated heterocycles. The Morgan fingerprint density at radius 1 is 0.412 bits per heavy atom. The fraction of sp³-hybridized carbons (Fsp3) is 0.128. The van der Waals surface area contributed by atoms with Crippen molar-refractivity contribution in [2.24, 2.45) is 11.8 Å². The number of nitrogens with zero attached hydrogens (tertiary/aromatic N) is 1. The molecule has 2 fully saturated rings. The molecule has 246 valence electrons. The average molecular weight is 662 g/mol. The first-order valence-corrected chi connectivity index (χ1v) is 17.5. The van der Waals surface area contributed by atoms with Gasteiger partial charge in [-0.25, -0.2) is 4.90 Å². The van der Waals surface area contributed by atoms with Crippen molar-refractivity contribution < 1.29 is 14.4 Å². The van der Waals surface area contributed by atoms with E-state index in [-0.39, 0.29) is 17.6 Å². The molecule has 4 heteroatoms. The highest BCUT2D eigenvalue weighted by atomic mass is 16.2. The first-order chi connectivity index (χ1) is 24.9. The van der Waals surface area contributed by atoms with Crippen LogP contribution in [-0.2, 0) is 25.2 Å². The Hall–Kier alpha value is -6.13. The molecule has 51 heavy (non-hydrogen) atoms. The van der Waals surface area contributed by atoms with E-state index >= 15 is 14.4 Å². The molecule has 0 radical (unpaired) electrons. The maximum absolute atomic E-state index is 16.1. The van der Waals surface area contributed by atoms with Gasteiger partial charge in [-0.3, -0.25) is 14.4 Å². The number of carbonyl (C=O) groups excluding carboxylic acids is 3. The van der Waals surface area contributed by atoms with Crippen molar-refractivity contribution in [3.05, 3.63) is 197 Å². The van der Waals surface area contributed by atoms with Gasteiger partial charge in [0.25, 0.3) is 0 Å². The number of Topliss-reactive ketones (excluding diaryl/α,β-unsaturated/α-hetero) is 1. The molecule has 6 aromatic rings. The highest BCUT2D eigenvalue weighted by Crippen LogP contribution is 2.74. The van der Waals surface area contributed by atoms with E-state index in [1.165, 1.54) is 4.90 Å². The van der Waals surface area contributed by atoms with Crippen LogP contribution < -0.4 is 4.90 Å². The van der Waals surface area contributed by atoms with Crippen LogP contribution in [0, 0.1) is 25.7 Å². The van der Waals surface area contributed by atoms with Gasteiger partial charge >= 0.3 is 0 Å². The minimum atomic E-state index is -1.43. The van der Waals surface area contributed by atoms with Crippen molar-refractivity contribution in [1.29, 1.82) is 0 Å². The Labute approximate surface area is 297 Å². The van der Waals surface area contributed by atoms with Crippen LogP contribution in [0.2, 0.25) is 0 Å². The quantitative estimate of drug-likeness (QED) is 0.167. The molecule has 2 bridgehead atoms. The van der Waals surface area contributed by atoms with Crippen molar-refractivity contribution in [2.75, 3.05) is 4.90 Å². The highest BCUT2D eigenvalue weighted by Gasteiger charge is 2.82. The van der Waals surface area contributed by atoms with Crippen LogP contribution in [0.5, 0.6) is 0 Å². The van der Waals surface area contributed by atoms with Crippen LogP contribution in [0.4, 0.5) is 5.69 Å². The lowest BCUT2D eigenvalue weighted by molar-refractivity contribution is -0.130. The van der Waals surface area contributed by atoms with Crippen LogP contribution in [0.1, 0.15) is 33.4 Å². The van der Waals surface area contributed by atoms with Gasteiger partial charge in [-0.05, 0) is 70.5 Å². The Balaban J connectivity index is 1.36. The van der Waals surface area contributed by atoms with Crippen molar-refractivity contribution in [3.8, 4) is 11.1 Å². The van der Waals surface area contributed by atoms with Crippen molar-refractivity contribution in [3.63, 3.8) is 0 Å². The third kappa shape index (κ3) is 4.17. The van der Waals surface area contributed by atoms with E-state index < -0.39 is 22.7 Å². The second-order valence-electron chi connectivity index (χ2n) is 14.0. The fourth-order valence-electron chi connectivity index (χ4n) is 9.25. The number of rotatable bonds is 6. The summed E-state index contributed by atoms with van der Waals surface area (Å²) in [4.78, 5) is 48.0. The van der Waals surface area contributed by atoms with Crippen LogP contribution in [0.15, 0.2) is 164 Å². The third-order valence-electron chi connectivity index (χ3n) is 11.4. The number of fused-ring (bicyclic) bond motifs is 5. The summed E-state index contributed by atoms with van der Waals surface area (Å²) in [6.07, 6.45) is 0. The number of hydrogen-bond acceptors (Lipinski definition) is 3. The molecule has 1 heterocycles. The lowest BCUT2D eigenvalue weighted by Gasteiger charge is -2.39. The van der Waals surface area contributed by atoms with Gasteiger partial charge in [0.05, 0.1) is 28.4 Å². The summed E-state index contributed by atoms with van der Waals surface area (Å²) in [5, 5.41) is 0. The normalized spacial score (nSPS) is 23.6. The van der Waals surface area contributed by atoms with Crippen LogP contribution in [-0.4, -0.2) is 17.6 Å². The second-order valence-corrected chi connectivity index (χ2v) is 14.0. The van der Waals surface area contributed by atoms with Gasteiger partial charge in [-0.2, -0.15) is 0 Å². The molecule has 4 atom stereocenters. The standard InChI is InChI=1S/C47H35NO3/c1-30-18-22-34(23-19-30)39-40(35-24-20-31(2)21-25-35)47(37-16-10-5-11-17-37)42-41(46(39,45(47)51)36-14-8-4-9-15-36)43(49)48(44(42)50)38-28-26-33(27-29-38)32-12-6-3-7-13-32/h3-29,41-42H,1-2H3/t41-,42-,46+,47+/m0/s1. The summed E-state index contributed by atoms with van der Waals surface area (Å²) in [7, 11) is 0. The largest absolute Gasteiger partial charge is 0.297 e. The Kier molecular flexibility index (Phi) is 6.94. The van der Waals surface area contributed by atoms with Crippen molar-refractivity contribution >= 4 is 34.4 Å². The first kappa shape index (κ1) is 30.9. The number of benzene rings is 6. The average Bonchev–Trinajstić information content (AvgIpc) is 3.68. The number of hydrogen-bond donors (Lipinski definition) is 0. The molecule has 2 amide bonds. The lowest BCUT2D eigenvalue weighted by Crippen LogP contribution is -2.45. The smallest absolute Gasteiger partial charge is 0.239 e. The predicted molar refractivity (Wildman–Crippen MR) is 202 cm³/mol. The topological polar surface area (TPSA) is 54.5 Å². The Bertz CT molecular complexity index is 2240. The minimum absolute atomic E-state index is 0.116. The van der Waals surface area contributed by atoms with E-state index in [9.17, 15) is 0 Å². The minimum Gasteiger partial charge on any atom is -0.297 e. The Morgan fingerprint density at radius 2 is 0.765 bits per heavy atom. The van der Waals surface area contributed by atoms with Crippen LogP contribution in [0.25, 0.3) is 22.3 Å². The maximum Gasteiger partial charge on any atom is 0.239 e. The summed E-state index contributed by atoms with van der Waals surface area (Å²) in [5.41, 5.74) is 6.66. The molecular formula is C47H35NO3.